The first-order valence-corrected chi connectivity index (χ1v) is 15.8. The van der Waals surface area contributed by atoms with Crippen LogP contribution >= 0.6 is 0 Å². The predicted octanol–water partition coefficient (Wildman–Crippen LogP) is 12.4. The van der Waals surface area contributed by atoms with Crippen molar-refractivity contribution in [1.29, 1.82) is 0 Å². The third kappa shape index (κ3) is 3.48. The molecule has 46 heavy (non-hydrogen) atoms. The summed E-state index contributed by atoms with van der Waals surface area (Å²) in [6.07, 6.45) is 0. The lowest BCUT2D eigenvalue weighted by Crippen LogP contribution is -2.16. The zero-order valence-corrected chi connectivity index (χ0v) is 25.5. The molecular weight excluding hydrogens is 562 g/mol. The van der Waals surface area contributed by atoms with Gasteiger partial charge in [0.05, 0.1) is 0 Å². The van der Waals surface area contributed by atoms with E-state index in [2.05, 4.69) is 134 Å². The van der Waals surface area contributed by atoms with E-state index in [1.807, 2.05) is 24.3 Å². The molecular formula is C43H29NO2. The van der Waals surface area contributed by atoms with Crippen LogP contribution in [0, 0.1) is 0 Å². The van der Waals surface area contributed by atoms with E-state index >= 15 is 0 Å². The van der Waals surface area contributed by atoms with Gasteiger partial charge < -0.3 is 13.7 Å². The molecule has 1 aliphatic rings. The van der Waals surface area contributed by atoms with Crippen molar-refractivity contribution in [1.82, 2.24) is 0 Å². The van der Waals surface area contributed by atoms with Crippen molar-refractivity contribution in [2.45, 2.75) is 19.3 Å². The van der Waals surface area contributed by atoms with Crippen LogP contribution < -0.4 is 4.90 Å². The molecule has 3 heteroatoms. The topological polar surface area (TPSA) is 29.5 Å². The Hall–Kier alpha value is -5.80. The molecule has 0 aliphatic heterocycles. The van der Waals surface area contributed by atoms with Crippen LogP contribution in [-0.4, -0.2) is 0 Å². The number of rotatable bonds is 3. The SMILES string of the molecule is CC1(C)c2ccccc2-c2ccc(N(c3ccc4c(c3)oc3ccccc34)c3ccc4ccc5oc6ccccc6c5c4c3)cc21. The van der Waals surface area contributed by atoms with Crippen LogP contribution in [0.1, 0.15) is 25.0 Å². The third-order valence-electron chi connectivity index (χ3n) is 10.0. The van der Waals surface area contributed by atoms with E-state index in [1.165, 1.54) is 33.0 Å². The van der Waals surface area contributed by atoms with Crippen LogP contribution in [0.25, 0.3) is 65.8 Å². The van der Waals surface area contributed by atoms with Crippen molar-refractivity contribution in [3.63, 3.8) is 0 Å². The molecule has 0 amide bonds. The molecule has 3 nitrogen and oxygen atoms in total. The van der Waals surface area contributed by atoms with Gasteiger partial charge in [0.25, 0.3) is 0 Å². The average molecular weight is 592 g/mol. The molecule has 0 N–H and O–H groups in total. The van der Waals surface area contributed by atoms with E-state index in [-0.39, 0.29) is 5.41 Å². The molecule has 1 aliphatic carbocycles. The Balaban J connectivity index is 1.23. The summed E-state index contributed by atoms with van der Waals surface area (Å²) in [5.74, 6) is 0. The lowest BCUT2D eigenvalue weighted by Gasteiger charge is -2.28. The minimum absolute atomic E-state index is 0.110. The number of hydrogen-bond donors (Lipinski definition) is 0. The maximum Gasteiger partial charge on any atom is 0.137 e. The Morgan fingerprint density at radius 3 is 1.93 bits per heavy atom. The first kappa shape index (κ1) is 25.5. The maximum absolute atomic E-state index is 6.39. The second-order valence-electron chi connectivity index (χ2n) is 13.0. The summed E-state index contributed by atoms with van der Waals surface area (Å²) in [7, 11) is 0. The number of furan rings is 2. The fraction of sp³-hybridized carbons (Fsp3) is 0.0698. The Morgan fingerprint density at radius 2 is 1.04 bits per heavy atom. The van der Waals surface area contributed by atoms with E-state index in [1.54, 1.807) is 0 Å². The Labute approximate surface area is 265 Å². The highest BCUT2D eigenvalue weighted by molar-refractivity contribution is 6.19. The summed E-state index contributed by atoms with van der Waals surface area (Å²) in [4.78, 5) is 2.37. The van der Waals surface area contributed by atoms with Gasteiger partial charge in [0.15, 0.2) is 0 Å². The molecule has 218 valence electrons. The molecule has 0 fully saturated rings. The lowest BCUT2D eigenvalue weighted by molar-refractivity contribution is 0.660. The van der Waals surface area contributed by atoms with Crippen molar-refractivity contribution >= 4 is 71.7 Å². The molecule has 0 radical (unpaired) electrons. The minimum Gasteiger partial charge on any atom is -0.456 e. The van der Waals surface area contributed by atoms with Gasteiger partial charge in [0, 0.05) is 50.1 Å². The highest BCUT2D eigenvalue weighted by atomic mass is 16.3. The molecule has 0 unspecified atom stereocenters. The number of benzene rings is 7. The lowest BCUT2D eigenvalue weighted by atomic mass is 9.82. The van der Waals surface area contributed by atoms with Crippen LogP contribution in [0.3, 0.4) is 0 Å². The van der Waals surface area contributed by atoms with Crippen molar-refractivity contribution < 1.29 is 8.83 Å². The largest absolute Gasteiger partial charge is 0.456 e. The molecule has 10 rings (SSSR count). The number of nitrogens with zero attached hydrogens (tertiary/aromatic N) is 1. The fourth-order valence-corrected chi connectivity index (χ4v) is 7.80. The van der Waals surface area contributed by atoms with Crippen LogP contribution in [0.4, 0.5) is 17.1 Å². The maximum atomic E-state index is 6.39. The summed E-state index contributed by atoms with van der Waals surface area (Å²) in [6.45, 7) is 4.67. The quantitative estimate of drug-likeness (QED) is 0.205. The number of para-hydroxylation sites is 2. The molecule has 0 bridgehead atoms. The van der Waals surface area contributed by atoms with Crippen molar-refractivity contribution in [2.75, 3.05) is 4.90 Å². The van der Waals surface area contributed by atoms with Gasteiger partial charge in [-0.15, -0.1) is 0 Å². The molecule has 7 aromatic carbocycles. The van der Waals surface area contributed by atoms with Gasteiger partial charge in [0.1, 0.15) is 22.3 Å². The minimum atomic E-state index is -0.110. The molecule has 2 heterocycles. The van der Waals surface area contributed by atoms with Crippen LogP contribution in [0.15, 0.2) is 148 Å². The van der Waals surface area contributed by atoms with Gasteiger partial charge in [-0.25, -0.2) is 0 Å². The number of anilines is 3. The Kier molecular flexibility index (Phi) is 5.06. The van der Waals surface area contributed by atoms with Gasteiger partial charge in [0.2, 0.25) is 0 Å². The summed E-state index contributed by atoms with van der Waals surface area (Å²) in [5.41, 5.74) is 12.0. The van der Waals surface area contributed by atoms with Crippen LogP contribution in [0.5, 0.6) is 0 Å². The Bertz CT molecular complexity index is 2690. The van der Waals surface area contributed by atoms with Crippen LogP contribution in [0.2, 0.25) is 0 Å². The van der Waals surface area contributed by atoms with E-state index in [0.717, 1.165) is 60.9 Å². The first-order chi connectivity index (χ1) is 22.5. The van der Waals surface area contributed by atoms with E-state index in [9.17, 15) is 0 Å². The number of hydrogen-bond acceptors (Lipinski definition) is 3. The summed E-state index contributed by atoms with van der Waals surface area (Å²) in [5, 5.41) is 6.88. The van der Waals surface area contributed by atoms with E-state index in [0.29, 0.717) is 0 Å². The smallest absolute Gasteiger partial charge is 0.137 e. The van der Waals surface area contributed by atoms with Gasteiger partial charge >= 0.3 is 0 Å². The average Bonchev–Trinajstić information content (AvgIpc) is 3.73. The molecule has 9 aromatic rings. The first-order valence-electron chi connectivity index (χ1n) is 15.8. The van der Waals surface area contributed by atoms with E-state index in [4.69, 9.17) is 8.83 Å². The molecule has 0 saturated carbocycles. The summed E-state index contributed by atoms with van der Waals surface area (Å²) < 4.78 is 12.7. The molecule has 0 spiro atoms. The van der Waals surface area contributed by atoms with Gasteiger partial charge in [-0.05, 0) is 87.6 Å². The summed E-state index contributed by atoms with van der Waals surface area (Å²) in [6, 6.07) is 49.9. The van der Waals surface area contributed by atoms with Crippen molar-refractivity contribution in [3.05, 3.63) is 151 Å². The highest BCUT2D eigenvalue weighted by Crippen LogP contribution is 2.51. The number of fused-ring (bicyclic) bond motifs is 11. The van der Waals surface area contributed by atoms with Gasteiger partial charge in [-0.1, -0.05) is 92.7 Å². The monoisotopic (exact) mass is 591 g/mol. The Morgan fingerprint density at radius 1 is 0.435 bits per heavy atom. The van der Waals surface area contributed by atoms with Crippen molar-refractivity contribution in [3.8, 4) is 11.1 Å². The molecule has 2 aromatic heterocycles. The predicted molar refractivity (Wildman–Crippen MR) is 191 cm³/mol. The molecule has 0 atom stereocenters. The van der Waals surface area contributed by atoms with Gasteiger partial charge in [-0.2, -0.15) is 0 Å². The second kappa shape index (κ2) is 9.12. The van der Waals surface area contributed by atoms with Gasteiger partial charge in [-0.3, -0.25) is 0 Å². The van der Waals surface area contributed by atoms with E-state index < -0.39 is 0 Å². The standard InChI is InChI=1S/C43H29NO2/c1-43(2)36-12-6-3-9-30(36)31-20-18-28(24-37(31)43)44(29-19-21-33-32-10-4-7-13-38(32)46-41(33)25-29)27-17-15-26-16-22-40-42(35(26)23-27)34-11-5-8-14-39(34)45-40/h3-25H,1-2H3. The second-order valence-corrected chi connectivity index (χ2v) is 13.0. The molecule has 0 saturated heterocycles. The fourth-order valence-electron chi connectivity index (χ4n) is 7.80. The third-order valence-corrected chi connectivity index (χ3v) is 10.0. The van der Waals surface area contributed by atoms with Crippen LogP contribution in [-0.2, 0) is 5.41 Å². The summed E-state index contributed by atoms with van der Waals surface area (Å²) >= 11 is 0. The highest BCUT2D eigenvalue weighted by Gasteiger charge is 2.35. The zero-order valence-electron chi connectivity index (χ0n) is 25.5. The normalized spacial score (nSPS) is 13.6. The van der Waals surface area contributed by atoms with Crippen molar-refractivity contribution in [2.24, 2.45) is 0 Å². The zero-order chi connectivity index (χ0) is 30.6.